The molecule has 0 spiro atoms. The molecule has 0 heterocycles. The molecule has 0 aliphatic heterocycles. The normalized spacial score (nSPS) is 7.23. The fraction of sp³-hybridized carbons (Fsp3) is 0. The maximum Gasteiger partial charge on any atom is 0.182 e. The summed E-state index contributed by atoms with van der Waals surface area (Å²) in [6, 6.07) is 5.04. The van der Waals surface area contributed by atoms with Crippen LogP contribution in [0.15, 0.2) is 24.3 Å². The lowest BCUT2D eigenvalue weighted by Gasteiger charge is -1.85. The minimum atomic E-state index is -0.799. The van der Waals surface area contributed by atoms with Gasteiger partial charge in [-0.3, -0.25) is 9.59 Å². The number of hydrogen-bond donors (Lipinski definition) is 0. The summed E-state index contributed by atoms with van der Waals surface area (Å²) >= 11 is 0. The molecule has 1 rings (SSSR count). The summed E-state index contributed by atoms with van der Waals surface area (Å²) < 4.78 is 23.9. The van der Waals surface area contributed by atoms with Crippen molar-refractivity contribution in [2.24, 2.45) is 0 Å². The average Bonchev–Trinajstić information content (AvgIpc) is 2.11. The van der Waals surface area contributed by atoms with E-state index in [1.807, 2.05) is 0 Å². The highest BCUT2D eigenvalue weighted by Gasteiger charge is 1.93. The van der Waals surface area contributed by atoms with Crippen molar-refractivity contribution < 1.29 is 23.8 Å². The first-order chi connectivity index (χ1) is 5.72. The molecular weight excluding hydrogens is 182 g/mol. The number of benzene rings is 1. The van der Waals surface area contributed by atoms with Gasteiger partial charge in [-0.1, -0.05) is 12.1 Å². The maximum atomic E-state index is 11.9. The van der Waals surface area contributed by atoms with Gasteiger partial charge in [0.05, 0.1) is 0 Å². The Balaban J connectivity index is 0. The molecule has 0 atom stereocenters. The number of halogens is 2. The van der Waals surface area contributed by atoms with E-state index in [9.17, 15) is 8.78 Å². The van der Waals surface area contributed by atoms with E-state index in [0.29, 0.717) is 0 Å². The number of rotatable bonds is 1. The zero-order valence-electron chi connectivity index (χ0n) is 6.54. The molecule has 0 aliphatic carbocycles. The Morgan fingerprint density at radius 1 is 0.923 bits per heavy atom. The summed E-state index contributed by atoms with van der Waals surface area (Å²) in [5.74, 6) is -1.60. The van der Waals surface area contributed by atoms with Gasteiger partial charge in [0.25, 0.3) is 0 Å². The fourth-order valence-electron chi connectivity index (χ4n) is 0.439. The van der Waals surface area contributed by atoms with Gasteiger partial charge >= 0.3 is 0 Å². The van der Waals surface area contributed by atoms with Crippen LogP contribution >= 0.6 is 0 Å². The van der Waals surface area contributed by atoms with Crippen LogP contribution in [0.1, 0.15) is 0 Å². The highest BCUT2D eigenvalue weighted by molar-refractivity contribution is 6.09. The van der Waals surface area contributed by atoms with Gasteiger partial charge in [-0.25, -0.2) is 8.78 Å². The largest absolute Gasteiger partial charge is 0.412 e. The Hall–Kier alpha value is -1.62. The van der Waals surface area contributed by atoms with Gasteiger partial charge in [0.1, 0.15) is 0 Å². The molecule has 1 aromatic carbocycles. The van der Waals surface area contributed by atoms with Crippen LogP contribution in [0.25, 0.3) is 0 Å². The second kappa shape index (κ2) is 8.48. The van der Waals surface area contributed by atoms with Crippen molar-refractivity contribution in [2.75, 3.05) is 0 Å². The Morgan fingerprint density at radius 3 is 1.38 bits per heavy atom. The Morgan fingerprint density at radius 2 is 1.23 bits per heavy atom. The van der Waals surface area contributed by atoms with Crippen molar-refractivity contribution in [2.45, 2.75) is 0 Å². The molecule has 0 bridgehead atoms. The SMILES string of the molecule is Fc1ccccc1F.O.O=CC=O. The van der Waals surface area contributed by atoms with Gasteiger partial charge in [-0.15, -0.1) is 0 Å². The molecular formula is C8H8F2O3. The van der Waals surface area contributed by atoms with E-state index in [1.165, 1.54) is 12.1 Å². The summed E-state index contributed by atoms with van der Waals surface area (Å²) in [5.41, 5.74) is 0. The molecule has 5 heteroatoms. The van der Waals surface area contributed by atoms with E-state index < -0.39 is 11.6 Å². The molecule has 1 aromatic rings. The van der Waals surface area contributed by atoms with Crippen molar-refractivity contribution in [3.63, 3.8) is 0 Å². The van der Waals surface area contributed by atoms with Crippen molar-refractivity contribution in [1.82, 2.24) is 0 Å². The Bertz CT molecular complexity index is 236. The van der Waals surface area contributed by atoms with E-state index in [-0.39, 0.29) is 18.0 Å². The number of carbonyl (C=O) groups excluding carboxylic acids is 2. The van der Waals surface area contributed by atoms with Gasteiger partial charge in [0, 0.05) is 0 Å². The molecule has 0 aromatic heterocycles. The van der Waals surface area contributed by atoms with Gasteiger partial charge in [-0.2, -0.15) is 0 Å². The quantitative estimate of drug-likeness (QED) is 0.478. The number of hydrogen-bond acceptors (Lipinski definition) is 2. The van der Waals surface area contributed by atoms with Crippen LogP contribution in [0.3, 0.4) is 0 Å². The second-order valence-corrected chi connectivity index (χ2v) is 1.69. The lowest BCUT2D eigenvalue weighted by atomic mass is 10.3. The summed E-state index contributed by atoms with van der Waals surface area (Å²) in [4.78, 5) is 17.6. The van der Waals surface area contributed by atoms with Gasteiger partial charge < -0.3 is 5.48 Å². The fourth-order valence-corrected chi connectivity index (χ4v) is 0.439. The molecule has 72 valence electrons. The van der Waals surface area contributed by atoms with Crippen molar-refractivity contribution in [3.05, 3.63) is 35.9 Å². The zero-order valence-corrected chi connectivity index (χ0v) is 6.54. The molecule has 0 saturated carbocycles. The second-order valence-electron chi connectivity index (χ2n) is 1.69. The van der Waals surface area contributed by atoms with Crippen molar-refractivity contribution in [1.29, 1.82) is 0 Å². The zero-order chi connectivity index (χ0) is 9.40. The van der Waals surface area contributed by atoms with Crippen LogP contribution in [0.5, 0.6) is 0 Å². The van der Waals surface area contributed by atoms with Crippen molar-refractivity contribution >= 4 is 12.6 Å². The average molecular weight is 190 g/mol. The lowest BCUT2D eigenvalue weighted by Crippen LogP contribution is -1.77. The van der Waals surface area contributed by atoms with Crippen LogP contribution < -0.4 is 0 Å². The van der Waals surface area contributed by atoms with E-state index in [0.717, 1.165) is 12.1 Å². The predicted molar refractivity (Wildman–Crippen MR) is 42.1 cm³/mol. The van der Waals surface area contributed by atoms with Gasteiger partial charge in [0.15, 0.2) is 24.2 Å². The first-order valence-electron chi connectivity index (χ1n) is 3.01. The Labute approximate surface area is 73.3 Å². The smallest absolute Gasteiger partial charge is 0.182 e. The topological polar surface area (TPSA) is 65.6 Å². The number of carbonyl (C=O) groups is 2. The first-order valence-corrected chi connectivity index (χ1v) is 3.01. The third-order valence-corrected chi connectivity index (χ3v) is 0.880. The van der Waals surface area contributed by atoms with E-state index in [2.05, 4.69) is 0 Å². The molecule has 13 heavy (non-hydrogen) atoms. The van der Waals surface area contributed by atoms with E-state index >= 15 is 0 Å². The minimum Gasteiger partial charge on any atom is -0.412 e. The minimum absolute atomic E-state index is 0. The highest BCUT2D eigenvalue weighted by Crippen LogP contribution is 2.01. The van der Waals surface area contributed by atoms with Crippen LogP contribution in [-0.2, 0) is 9.59 Å². The maximum absolute atomic E-state index is 11.9. The van der Waals surface area contributed by atoms with Crippen LogP contribution in [0.2, 0.25) is 0 Å². The molecule has 0 amide bonds. The van der Waals surface area contributed by atoms with Crippen LogP contribution in [0.4, 0.5) is 8.78 Å². The molecule has 3 nitrogen and oxygen atoms in total. The summed E-state index contributed by atoms with van der Waals surface area (Å²) in [6.45, 7) is 0. The lowest BCUT2D eigenvalue weighted by molar-refractivity contribution is -0.122. The predicted octanol–water partition coefficient (Wildman–Crippen LogP) is 0.524. The molecule has 2 N–H and O–H groups in total. The van der Waals surface area contributed by atoms with E-state index in [1.54, 1.807) is 0 Å². The van der Waals surface area contributed by atoms with Gasteiger partial charge in [-0.05, 0) is 12.1 Å². The third kappa shape index (κ3) is 6.77. The van der Waals surface area contributed by atoms with Crippen LogP contribution in [-0.4, -0.2) is 18.0 Å². The van der Waals surface area contributed by atoms with E-state index in [4.69, 9.17) is 9.59 Å². The standard InChI is InChI=1S/C6H4F2.C2H2O2.H2O/c7-5-3-1-2-4-6(5)8;3-1-2-4;/h1-4H;1-2H;1H2. The first kappa shape index (κ1) is 13.9. The summed E-state index contributed by atoms with van der Waals surface area (Å²) in [7, 11) is 0. The van der Waals surface area contributed by atoms with Gasteiger partial charge in [0.2, 0.25) is 0 Å². The molecule has 0 unspecified atom stereocenters. The monoisotopic (exact) mass is 190 g/mol. The number of aldehydes is 2. The highest BCUT2D eigenvalue weighted by atomic mass is 19.2. The Kier molecular flexibility index (Phi) is 9.09. The third-order valence-electron chi connectivity index (χ3n) is 0.880. The molecule has 0 fully saturated rings. The molecule has 0 radical (unpaired) electrons. The van der Waals surface area contributed by atoms with Crippen LogP contribution in [0, 0.1) is 11.6 Å². The summed E-state index contributed by atoms with van der Waals surface area (Å²) in [6.07, 6.45) is 0.389. The van der Waals surface area contributed by atoms with Crippen molar-refractivity contribution in [3.8, 4) is 0 Å². The molecule has 0 saturated heterocycles. The summed E-state index contributed by atoms with van der Waals surface area (Å²) in [5, 5.41) is 0. The molecule has 0 aliphatic rings.